The first-order valence-corrected chi connectivity index (χ1v) is 13.9. The number of pyridine rings is 1. The van der Waals surface area contributed by atoms with Crippen molar-refractivity contribution in [3.05, 3.63) is 78.0 Å². The molecule has 12 heteroatoms. The molecular weight excluding hydrogens is 578 g/mol. The number of anilines is 1. The van der Waals surface area contributed by atoms with E-state index < -0.39 is 35.2 Å². The maximum atomic E-state index is 13.5. The molecule has 2 aromatic carbocycles. The molecule has 42 heavy (non-hydrogen) atoms. The Morgan fingerprint density at radius 2 is 1.81 bits per heavy atom. The average molecular weight is 607 g/mol. The van der Waals surface area contributed by atoms with E-state index >= 15 is 0 Å². The third-order valence-electron chi connectivity index (χ3n) is 9.15. The maximum Gasteiger partial charge on any atom is 0.416 e. The molecule has 1 aromatic heterocycles. The lowest BCUT2D eigenvalue weighted by Crippen LogP contribution is -2.73. The van der Waals surface area contributed by atoms with Crippen molar-refractivity contribution in [2.75, 3.05) is 19.0 Å². The summed E-state index contributed by atoms with van der Waals surface area (Å²) in [5, 5.41) is 6.57. The summed E-state index contributed by atoms with van der Waals surface area (Å²) in [6, 6.07) is 8.26. The van der Waals surface area contributed by atoms with Gasteiger partial charge < -0.3 is 15.4 Å². The smallest absolute Gasteiger partial charge is 0.416 e. The molecule has 3 heterocycles. The molecule has 2 saturated heterocycles. The number of hydrogen-bond acceptors (Lipinski definition) is 4. The zero-order valence-electron chi connectivity index (χ0n) is 22.5. The van der Waals surface area contributed by atoms with E-state index in [0.717, 1.165) is 42.3 Å². The highest BCUT2D eigenvalue weighted by Gasteiger charge is 2.68. The summed E-state index contributed by atoms with van der Waals surface area (Å²) in [6.07, 6.45) is -3.31. The predicted molar refractivity (Wildman–Crippen MR) is 151 cm³/mol. The Bertz CT molecular complexity index is 1530. The predicted octanol–water partition coefficient (Wildman–Crippen LogP) is 7.35. The highest BCUT2D eigenvalue weighted by molar-refractivity contribution is 7.80. The summed E-state index contributed by atoms with van der Waals surface area (Å²) < 4.78 is 86.2. The van der Waals surface area contributed by atoms with Crippen molar-refractivity contribution in [3.8, 4) is 5.75 Å². The number of ether oxygens (including phenoxy) is 1. The Morgan fingerprint density at radius 1 is 1.10 bits per heavy atom. The van der Waals surface area contributed by atoms with Crippen LogP contribution < -0.4 is 15.4 Å². The molecule has 0 bridgehead atoms. The van der Waals surface area contributed by atoms with E-state index in [4.69, 9.17) is 17.0 Å². The number of hydrogen-bond donors (Lipinski definition) is 2. The summed E-state index contributed by atoms with van der Waals surface area (Å²) >= 11 is 5.51. The van der Waals surface area contributed by atoms with Crippen LogP contribution in [0.5, 0.6) is 5.75 Å². The molecular formula is C30H28F6N4OS. The van der Waals surface area contributed by atoms with Gasteiger partial charge in [-0.05, 0) is 97.9 Å². The highest BCUT2D eigenvalue weighted by Crippen LogP contribution is 2.64. The summed E-state index contributed by atoms with van der Waals surface area (Å²) in [5.41, 5.74) is -1.59. The first kappa shape index (κ1) is 28.7. The number of nitrogens with zero attached hydrogens (tertiary/aromatic N) is 2. The van der Waals surface area contributed by atoms with Crippen LogP contribution in [0.3, 0.4) is 0 Å². The van der Waals surface area contributed by atoms with Crippen LogP contribution in [0.1, 0.15) is 42.0 Å². The molecule has 1 spiro atoms. The molecule has 6 rings (SSSR count). The van der Waals surface area contributed by atoms with Crippen molar-refractivity contribution in [1.82, 2.24) is 15.2 Å². The fourth-order valence-electron chi connectivity index (χ4n) is 7.27. The van der Waals surface area contributed by atoms with E-state index in [0.29, 0.717) is 29.7 Å². The number of methoxy groups -OCH3 is 1. The number of allylic oxidation sites excluding steroid dienone is 1. The van der Waals surface area contributed by atoms with E-state index in [2.05, 4.69) is 27.1 Å². The molecule has 222 valence electrons. The molecule has 1 aliphatic carbocycles. The van der Waals surface area contributed by atoms with Crippen LogP contribution in [0.25, 0.3) is 10.9 Å². The van der Waals surface area contributed by atoms with Gasteiger partial charge in [0.2, 0.25) is 0 Å². The molecule has 3 fully saturated rings. The number of alkyl halides is 6. The van der Waals surface area contributed by atoms with Crippen LogP contribution in [0.4, 0.5) is 32.0 Å². The highest BCUT2D eigenvalue weighted by atomic mass is 32.1. The lowest BCUT2D eigenvalue weighted by atomic mass is 9.53. The Hall–Kier alpha value is -3.38. The van der Waals surface area contributed by atoms with E-state index in [1.165, 1.54) is 0 Å². The molecule has 1 saturated carbocycles. The van der Waals surface area contributed by atoms with Crippen molar-refractivity contribution >= 4 is 33.9 Å². The van der Waals surface area contributed by atoms with Gasteiger partial charge in [0.15, 0.2) is 5.11 Å². The molecule has 5 nitrogen and oxygen atoms in total. The molecule has 0 radical (unpaired) electrons. The van der Waals surface area contributed by atoms with Gasteiger partial charge in [-0.3, -0.25) is 9.88 Å². The van der Waals surface area contributed by atoms with Gasteiger partial charge >= 0.3 is 12.4 Å². The Morgan fingerprint density at radius 3 is 2.45 bits per heavy atom. The van der Waals surface area contributed by atoms with Crippen molar-refractivity contribution in [2.24, 2.45) is 11.8 Å². The van der Waals surface area contributed by atoms with E-state index in [1.807, 2.05) is 24.3 Å². The maximum absolute atomic E-state index is 13.5. The number of fused-ring (bicyclic) bond motifs is 1. The molecule has 3 aromatic rings. The second-order valence-corrected chi connectivity index (χ2v) is 11.6. The Balaban J connectivity index is 1.34. The number of nitrogens with one attached hydrogen (secondary N) is 2. The van der Waals surface area contributed by atoms with Gasteiger partial charge in [0, 0.05) is 28.9 Å². The molecule has 5 atom stereocenters. The minimum atomic E-state index is -4.97. The zero-order valence-corrected chi connectivity index (χ0v) is 23.3. The van der Waals surface area contributed by atoms with E-state index in [9.17, 15) is 26.3 Å². The number of rotatable bonds is 6. The SMILES string of the molecule is C=CC1CC23CC(C(NC(=S)Nc4cc(C(F)(F)F)cc(C(F)(F)F)c4)c4ccnc5ccc(OC)cc45)N2CCC13. The molecule has 0 amide bonds. The van der Waals surface area contributed by atoms with Gasteiger partial charge in [-0.1, -0.05) is 6.08 Å². The molecule has 3 aliphatic rings. The van der Waals surface area contributed by atoms with Gasteiger partial charge in [-0.2, -0.15) is 26.3 Å². The number of thiocarbonyl (C=S) groups is 1. The monoisotopic (exact) mass is 606 g/mol. The standard InChI is InChI=1S/C30H28F6N4OS/c1-3-16-14-28-15-25(40(28)9-7-23(16)28)26(21-6-8-37-24-5-4-20(41-2)13-22(21)24)39-27(42)38-19-11-17(29(31,32)33)10-18(12-19)30(34,35)36/h3-6,8,10-13,16,23,25-26H,1,7,9,14-15H2,2H3,(H2,38,39,42). The van der Waals surface area contributed by atoms with Gasteiger partial charge in [-0.15, -0.1) is 6.58 Å². The lowest BCUT2D eigenvalue weighted by Gasteiger charge is -2.66. The van der Waals surface area contributed by atoms with Crippen molar-refractivity contribution in [2.45, 2.75) is 49.2 Å². The quantitative estimate of drug-likeness (QED) is 0.174. The average Bonchev–Trinajstić information content (AvgIpc) is 3.12. The van der Waals surface area contributed by atoms with Crippen LogP contribution in [0.15, 0.2) is 61.3 Å². The van der Waals surface area contributed by atoms with E-state index in [-0.39, 0.29) is 22.8 Å². The van der Waals surface area contributed by atoms with Crippen LogP contribution in [0, 0.1) is 11.8 Å². The van der Waals surface area contributed by atoms with Gasteiger partial charge in [-0.25, -0.2) is 0 Å². The molecule has 2 aliphatic heterocycles. The number of aromatic nitrogens is 1. The van der Waals surface area contributed by atoms with Gasteiger partial charge in [0.05, 0.1) is 29.8 Å². The van der Waals surface area contributed by atoms with Gasteiger partial charge in [0.1, 0.15) is 5.75 Å². The Labute approximate surface area is 243 Å². The Kier molecular flexibility index (Phi) is 6.92. The topological polar surface area (TPSA) is 49.4 Å². The third kappa shape index (κ3) is 4.78. The molecule has 5 unspecified atom stereocenters. The van der Waals surface area contributed by atoms with Crippen LogP contribution in [-0.2, 0) is 12.4 Å². The second-order valence-electron chi connectivity index (χ2n) is 11.2. The first-order valence-electron chi connectivity index (χ1n) is 13.5. The minimum Gasteiger partial charge on any atom is -0.497 e. The fourth-order valence-corrected chi connectivity index (χ4v) is 7.51. The van der Waals surface area contributed by atoms with Crippen LogP contribution in [0.2, 0.25) is 0 Å². The summed E-state index contributed by atoms with van der Waals surface area (Å²) in [4.78, 5) is 6.94. The normalized spacial score (nSPS) is 25.9. The summed E-state index contributed by atoms with van der Waals surface area (Å²) in [5.74, 6) is 1.62. The number of halogens is 6. The summed E-state index contributed by atoms with van der Waals surface area (Å²) in [6.45, 7) is 4.86. The number of benzene rings is 2. The second kappa shape index (κ2) is 10.1. The van der Waals surface area contributed by atoms with Gasteiger partial charge in [0.25, 0.3) is 0 Å². The van der Waals surface area contributed by atoms with E-state index in [1.54, 1.807) is 19.4 Å². The summed E-state index contributed by atoms with van der Waals surface area (Å²) in [7, 11) is 1.56. The fraction of sp³-hybridized carbons (Fsp3) is 0.400. The first-order chi connectivity index (χ1) is 19.8. The lowest BCUT2D eigenvalue weighted by molar-refractivity contribution is -0.143. The zero-order chi connectivity index (χ0) is 30.0. The largest absolute Gasteiger partial charge is 0.497 e. The van der Waals surface area contributed by atoms with Crippen LogP contribution >= 0.6 is 12.2 Å². The molecule has 2 N–H and O–H groups in total. The minimum absolute atomic E-state index is 0.00966. The van der Waals surface area contributed by atoms with Crippen molar-refractivity contribution in [3.63, 3.8) is 0 Å². The third-order valence-corrected chi connectivity index (χ3v) is 9.37. The van der Waals surface area contributed by atoms with Crippen LogP contribution in [-0.4, -0.2) is 40.2 Å². The van der Waals surface area contributed by atoms with Crippen molar-refractivity contribution < 1.29 is 31.1 Å². The van der Waals surface area contributed by atoms with Crippen molar-refractivity contribution in [1.29, 1.82) is 0 Å².